The molecule has 0 heterocycles. The lowest BCUT2D eigenvalue weighted by Gasteiger charge is -2.08. The van der Waals surface area contributed by atoms with Crippen molar-refractivity contribution >= 4 is 33.2 Å². The van der Waals surface area contributed by atoms with E-state index in [0.29, 0.717) is 23.1 Å². The van der Waals surface area contributed by atoms with E-state index in [9.17, 15) is 0 Å². The monoisotopic (exact) mass is 249 g/mol. The molecule has 0 radical (unpaired) electrons. The summed E-state index contributed by atoms with van der Waals surface area (Å²) in [6.45, 7) is 2.45. The molecule has 0 aliphatic rings. The molecule has 0 unspecified atom stereocenters. The van der Waals surface area contributed by atoms with Crippen LogP contribution in [0.1, 0.15) is 6.92 Å². The van der Waals surface area contributed by atoms with Gasteiger partial charge in [-0.1, -0.05) is 27.5 Å². The predicted molar refractivity (Wildman–Crippen MR) is 54.7 cm³/mol. The van der Waals surface area contributed by atoms with E-state index in [4.69, 9.17) is 22.1 Å². The lowest BCUT2D eigenvalue weighted by Crippen LogP contribution is -1.97. The minimum Gasteiger partial charge on any atom is -0.490 e. The highest BCUT2D eigenvalue weighted by Crippen LogP contribution is 2.34. The Kier molecular flexibility index (Phi) is 3.23. The van der Waals surface area contributed by atoms with Gasteiger partial charge in [0, 0.05) is 4.47 Å². The highest BCUT2D eigenvalue weighted by Gasteiger charge is 2.06. The fraction of sp³-hybridized carbons (Fsp3) is 0.250. The van der Waals surface area contributed by atoms with Gasteiger partial charge in [0.25, 0.3) is 0 Å². The average molecular weight is 251 g/mol. The summed E-state index contributed by atoms with van der Waals surface area (Å²) in [7, 11) is 0. The van der Waals surface area contributed by atoms with Crippen molar-refractivity contribution in [2.45, 2.75) is 6.92 Å². The zero-order valence-electron chi connectivity index (χ0n) is 6.60. The predicted octanol–water partition coefficient (Wildman–Crippen LogP) is 3.08. The van der Waals surface area contributed by atoms with Crippen molar-refractivity contribution in [1.29, 1.82) is 0 Å². The van der Waals surface area contributed by atoms with Gasteiger partial charge in [-0.05, 0) is 19.1 Å². The van der Waals surface area contributed by atoms with E-state index in [-0.39, 0.29) is 0 Å². The molecule has 0 aliphatic heterocycles. The summed E-state index contributed by atoms with van der Waals surface area (Å²) < 4.78 is 6.10. The molecule has 0 saturated heterocycles. The van der Waals surface area contributed by atoms with Gasteiger partial charge in [-0.25, -0.2) is 0 Å². The first-order valence-electron chi connectivity index (χ1n) is 3.52. The number of nitrogens with two attached hydrogens (primary N) is 1. The molecule has 0 fully saturated rings. The molecular weight excluding hydrogens is 241 g/mol. The maximum Gasteiger partial charge on any atom is 0.160 e. The molecule has 2 N–H and O–H groups in total. The summed E-state index contributed by atoms with van der Waals surface area (Å²) in [6.07, 6.45) is 0. The molecule has 2 nitrogen and oxygen atoms in total. The second-order valence-electron chi connectivity index (χ2n) is 2.24. The van der Waals surface area contributed by atoms with Crippen LogP contribution in [0.25, 0.3) is 0 Å². The fourth-order valence-electron chi connectivity index (χ4n) is 0.877. The van der Waals surface area contributed by atoms with Crippen LogP contribution >= 0.6 is 27.5 Å². The first-order valence-corrected chi connectivity index (χ1v) is 4.69. The number of hydrogen-bond acceptors (Lipinski definition) is 2. The molecule has 0 saturated carbocycles. The van der Waals surface area contributed by atoms with Crippen molar-refractivity contribution in [3.63, 3.8) is 0 Å². The second-order valence-corrected chi connectivity index (χ2v) is 3.56. The van der Waals surface area contributed by atoms with E-state index in [1.165, 1.54) is 0 Å². The summed E-state index contributed by atoms with van der Waals surface area (Å²) in [5, 5.41) is 0.531. The first-order chi connectivity index (χ1) is 5.65. The number of benzene rings is 1. The number of nitrogen functional groups attached to an aromatic ring is 1. The Morgan fingerprint density at radius 2 is 2.25 bits per heavy atom. The molecule has 1 rings (SSSR count). The lowest BCUT2D eigenvalue weighted by atomic mass is 10.3. The summed E-state index contributed by atoms with van der Waals surface area (Å²) in [5.74, 6) is 0.558. The van der Waals surface area contributed by atoms with E-state index in [2.05, 4.69) is 15.9 Å². The highest BCUT2D eigenvalue weighted by atomic mass is 79.9. The molecular formula is C8H9BrClNO. The molecule has 4 heteroatoms. The maximum atomic E-state index is 5.88. The second kappa shape index (κ2) is 4.01. The summed E-state index contributed by atoms with van der Waals surface area (Å²) in [4.78, 5) is 0. The van der Waals surface area contributed by atoms with Crippen molar-refractivity contribution in [1.82, 2.24) is 0 Å². The molecule has 0 atom stereocenters. The number of anilines is 1. The molecule has 66 valence electrons. The lowest BCUT2D eigenvalue weighted by molar-refractivity contribution is 0.342. The standard InChI is InChI=1S/C8H9BrClNO/c1-2-12-8-6(10)3-5(9)4-7(8)11/h3-4H,2,11H2,1H3. The first kappa shape index (κ1) is 9.68. The Labute approximate surface area is 84.8 Å². The number of rotatable bonds is 2. The maximum absolute atomic E-state index is 5.88. The van der Waals surface area contributed by atoms with Gasteiger partial charge < -0.3 is 10.5 Å². The van der Waals surface area contributed by atoms with Crippen LogP contribution < -0.4 is 10.5 Å². The molecule has 0 spiro atoms. The molecule has 0 aliphatic carbocycles. The Morgan fingerprint density at radius 1 is 1.58 bits per heavy atom. The van der Waals surface area contributed by atoms with Crippen molar-refractivity contribution in [3.8, 4) is 5.75 Å². The van der Waals surface area contributed by atoms with Crippen molar-refractivity contribution < 1.29 is 4.74 Å². The Balaban J connectivity index is 3.10. The van der Waals surface area contributed by atoms with Gasteiger partial charge in [-0.15, -0.1) is 0 Å². The highest BCUT2D eigenvalue weighted by molar-refractivity contribution is 9.10. The van der Waals surface area contributed by atoms with Crippen molar-refractivity contribution in [2.24, 2.45) is 0 Å². The zero-order valence-corrected chi connectivity index (χ0v) is 8.95. The SMILES string of the molecule is CCOc1c(N)cc(Br)cc1Cl. The van der Waals surface area contributed by atoms with Gasteiger partial charge in [0.2, 0.25) is 0 Å². The largest absolute Gasteiger partial charge is 0.490 e. The molecule has 12 heavy (non-hydrogen) atoms. The zero-order chi connectivity index (χ0) is 9.14. The quantitative estimate of drug-likeness (QED) is 0.819. The molecule has 1 aromatic carbocycles. The van der Waals surface area contributed by atoms with Gasteiger partial charge >= 0.3 is 0 Å². The van der Waals surface area contributed by atoms with Crippen LogP contribution in [0.2, 0.25) is 5.02 Å². The van der Waals surface area contributed by atoms with E-state index < -0.39 is 0 Å². The van der Waals surface area contributed by atoms with Crippen LogP contribution in [-0.2, 0) is 0 Å². The fourth-order valence-corrected chi connectivity index (χ4v) is 1.77. The Hall–Kier alpha value is -0.410. The van der Waals surface area contributed by atoms with Crippen LogP contribution in [0, 0.1) is 0 Å². The van der Waals surface area contributed by atoms with Gasteiger partial charge in [0.05, 0.1) is 17.3 Å². The number of ether oxygens (including phenoxy) is 1. The van der Waals surface area contributed by atoms with Gasteiger partial charge in [0.1, 0.15) is 0 Å². The summed E-state index contributed by atoms with van der Waals surface area (Å²) >= 11 is 9.16. The van der Waals surface area contributed by atoms with Crippen LogP contribution in [0.15, 0.2) is 16.6 Å². The molecule has 0 aromatic heterocycles. The van der Waals surface area contributed by atoms with E-state index >= 15 is 0 Å². The van der Waals surface area contributed by atoms with Crippen LogP contribution in [0.4, 0.5) is 5.69 Å². The Morgan fingerprint density at radius 3 is 2.75 bits per heavy atom. The third-order valence-electron chi connectivity index (χ3n) is 1.33. The van der Waals surface area contributed by atoms with Gasteiger partial charge in [0.15, 0.2) is 5.75 Å². The Bertz CT molecular complexity index is 267. The van der Waals surface area contributed by atoms with Gasteiger partial charge in [-0.3, -0.25) is 0 Å². The van der Waals surface area contributed by atoms with E-state index in [1.807, 2.05) is 6.92 Å². The van der Waals surface area contributed by atoms with Crippen LogP contribution in [0.3, 0.4) is 0 Å². The van der Waals surface area contributed by atoms with E-state index in [1.54, 1.807) is 12.1 Å². The summed E-state index contributed by atoms with van der Waals surface area (Å²) in [6, 6.07) is 3.51. The molecule has 1 aromatic rings. The smallest absolute Gasteiger partial charge is 0.160 e. The van der Waals surface area contributed by atoms with E-state index in [0.717, 1.165) is 4.47 Å². The molecule has 0 bridgehead atoms. The minimum atomic E-state index is 0.531. The normalized spacial score (nSPS) is 9.92. The molecule has 0 amide bonds. The van der Waals surface area contributed by atoms with Crippen LogP contribution in [-0.4, -0.2) is 6.61 Å². The number of halogens is 2. The topological polar surface area (TPSA) is 35.2 Å². The average Bonchev–Trinajstić information content (AvgIpc) is 1.96. The third kappa shape index (κ3) is 2.05. The van der Waals surface area contributed by atoms with Crippen molar-refractivity contribution in [3.05, 3.63) is 21.6 Å². The van der Waals surface area contributed by atoms with Crippen molar-refractivity contribution in [2.75, 3.05) is 12.3 Å². The third-order valence-corrected chi connectivity index (χ3v) is 2.06. The number of hydrogen-bond donors (Lipinski definition) is 1. The van der Waals surface area contributed by atoms with Crippen LogP contribution in [0.5, 0.6) is 5.75 Å². The minimum absolute atomic E-state index is 0.531. The summed E-state index contributed by atoms with van der Waals surface area (Å²) in [5.41, 5.74) is 6.22. The van der Waals surface area contributed by atoms with Gasteiger partial charge in [-0.2, -0.15) is 0 Å².